The molecule has 1 atom stereocenters. The number of hydrazine groups is 1. The van der Waals surface area contributed by atoms with Gasteiger partial charge in [0.1, 0.15) is 17.1 Å². The SMILES string of the molecule is CN/N=C(/C(=O)N(N)C1CCNCC1)C(C)NC(=O)C1=C(F)C=CCC(Cl)=C1F. The lowest BCUT2D eigenvalue weighted by molar-refractivity contribution is -0.127. The molecule has 8 nitrogen and oxygen atoms in total. The number of hydrogen-bond donors (Lipinski definition) is 4. The molecule has 0 aromatic carbocycles. The highest BCUT2D eigenvalue weighted by Crippen LogP contribution is 2.29. The van der Waals surface area contributed by atoms with Crippen LogP contribution >= 0.6 is 11.6 Å². The summed E-state index contributed by atoms with van der Waals surface area (Å²) in [7, 11) is 1.48. The van der Waals surface area contributed by atoms with Crippen molar-refractivity contribution in [3.63, 3.8) is 0 Å². The Labute approximate surface area is 172 Å². The van der Waals surface area contributed by atoms with Crippen molar-refractivity contribution in [3.05, 3.63) is 34.4 Å². The summed E-state index contributed by atoms with van der Waals surface area (Å²) < 4.78 is 28.5. The maximum atomic E-state index is 14.3. The Bertz CT molecular complexity index is 774. The second-order valence-corrected chi connectivity index (χ2v) is 7.11. The molecule has 11 heteroatoms. The first-order valence-corrected chi connectivity index (χ1v) is 9.60. The van der Waals surface area contributed by atoms with Crippen molar-refractivity contribution < 1.29 is 18.4 Å². The van der Waals surface area contributed by atoms with E-state index < -0.39 is 35.1 Å². The minimum absolute atomic E-state index is 0.0313. The van der Waals surface area contributed by atoms with Crippen LogP contribution in [0.5, 0.6) is 0 Å². The average molecular weight is 431 g/mol. The molecule has 1 aliphatic heterocycles. The Balaban J connectivity index is 2.18. The van der Waals surface area contributed by atoms with E-state index in [1.807, 2.05) is 0 Å². The van der Waals surface area contributed by atoms with Crippen molar-refractivity contribution in [2.24, 2.45) is 10.9 Å². The van der Waals surface area contributed by atoms with Crippen LogP contribution < -0.4 is 21.9 Å². The first kappa shape index (κ1) is 23.0. The van der Waals surface area contributed by atoms with E-state index in [-0.39, 0.29) is 23.2 Å². The lowest BCUT2D eigenvalue weighted by Gasteiger charge is -2.32. The molecular formula is C18H25ClF2N6O2. The quantitative estimate of drug-likeness (QED) is 0.218. The maximum Gasteiger partial charge on any atom is 0.286 e. The molecule has 5 N–H and O–H groups in total. The molecule has 1 unspecified atom stereocenters. The van der Waals surface area contributed by atoms with Gasteiger partial charge in [-0.15, -0.1) is 0 Å². The van der Waals surface area contributed by atoms with Crippen LogP contribution in [-0.4, -0.2) is 54.8 Å². The second kappa shape index (κ2) is 10.5. The summed E-state index contributed by atoms with van der Waals surface area (Å²) in [6.07, 6.45) is 3.60. The number of rotatable bonds is 6. The van der Waals surface area contributed by atoms with E-state index in [1.54, 1.807) is 0 Å². The Hall–Kier alpha value is -2.30. The average Bonchev–Trinajstić information content (AvgIpc) is 2.83. The van der Waals surface area contributed by atoms with E-state index in [4.69, 9.17) is 17.4 Å². The standard InChI is InChI=1S/C18H25ClF2N6O2/c1-10(25-17(28)14-13(20)5-3-4-12(19)15(14)21)16(26-23-2)18(29)27(22)11-6-8-24-9-7-11/h3,5,10-11,23-24H,4,6-9,22H2,1-2H3,(H,25,28)/b26-16+. The van der Waals surface area contributed by atoms with Gasteiger partial charge in [0.05, 0.1) is 17.1 Å². The fourth-order valence-electron chi connectivity index (χ4n) is 3.06. The van der Waals surface area contributed by atoms with Crippen molar-refractivity contribution >= 4 is 29.1 Å². The van der Waals surface area contributed by atoms with E-state index in [2.05, 4.69) is 21.2 Å². The van der Waals surface area contributed by atoms with E-state index in [9.17, 15) is 18.4 Å². The first-order chi connectivity index (χ1) is 13.8. The number of nitrogens with zero attached hydrogens (tertiary/aromatic N) is 2. The summed E-state index contributed by atoms with van der Waals surface area (Å²) in [6.45, 7) is 2.92. The number of carbonyl (C=O) groups is 2. The van der Waals surface area contributed by atoms with Crippen molar-refractivity contribution in [2.75, 3.05) is 20.1 Å². The second-order valence-electron chi connectivity index (χ2n) is 6.66. The molecule has 0 saturated carbocycles. The first-order valence-electron chi connectivity index (χ1n) is 9.22. The molecule has 0 bridgehead atoms. The van der Waals surface area contributed by atoms with Gasteiger partial charge in [0.25, 0.3) is 11.8 Å². The third kappa shape index (κ3) is 5.62. The molecule has 2 amide bonds. The summed E-state index contributed by atoms with van der Waals surface area (Å²) >= 11 is 5.76. The van der Waals surface area contributed by atoms with Gasteiger partial charge in [-0.1, -0.05) is 17.7 Å². The molecule has 0 aromatic rings. The zero-order valence-corrected chi connectivity index (χ0v) is 17.0. The van der Waals surface area contributed by atoms with Crippen LogP contribution in [0.3, 0.4) is 0 Å². The van der Waals surface area contributed by atoms with Crippen LogP contribution in [0.15, 0.2) is 39.5 Å². The molecule has 0 aromatic heterocycles. The summed E-state index contributed by atoms with van der Waals surface area (Å²) in [5.74, 6) is 2.13. The van der Waals surface area contributed by atoms with Gasteiger partial charge in [-0.3, -0.25) is 14.6 Å². The molecule has 2 aliphatic rings. The number of halogens is 3. The van der Waals surface area contributed by atoms with Gasteiger partial charge in [0, 0.05) is 13.5 Å². The lowest BCUT2D eigenvalue weighted by atomic mass is 10.0. The van der Waals surface area contributed by atoms with Crippen LogP contribution in [0, 0.1) is 0 Å². The summed E-state index contributed by atoms with van der Waals surface area (Å²) in [5, 5.41) is 10.3. The van der Waals surface area contributed by atoms with Crippen LogP contribution in [0.1, 0.15) is 26.2 Å². The normalized spacial score (nSPS) is 19.7. The highest BCUT2D eigenvalue weighted by Gasteiger charge is 2.31. The van der Waals surface area contributed by atoms with Crippen molar-refractivity contribution in [1.82, 2.24) is 21.1 Å². The van der Waals surface area contributed by atoms with Gasteiger partial charge < -0.3 is 16.1 Å². The van der Waals surface area contributed by atoms with Gasteiger partial charge in [0.15, 0.2) is 5.83 Å². The van der Waals surface area contributed by atoms with Gasteiger partial charge >= 0.3 is 0 Å². The highest BCUT2D eigenvalue weighted by molar-refractivity contribution is 6.41. The number of piperidine rings is 1. The molecule has 0 spiro atoms. The molecular weight excluding hydrogens is 406 g/mol. The fourth-order valence-corrected chi connectivity index (χ4v) is 3.24. The van der Waals surface area contributed by atoms with Gasteiger partial charge in [-0.05, 0) is 38.9 Å². The van der Waals surface area contributed by atoms with Crippen LogP contribution in [0.2, 0.25) is 0 Å². The summed E-state index contributed by atoms with van der Waals surface area (Å²) in [4.78, 5) is 25.3. The molecule has 1 fully saturated rings. The third-order valence-corrected chi connectivity index (χ3v) is 4.95. The fraction of sp³-hybridized carbons (Fsp3) is 0.500. The molecule has 1 saturated heterocycles. The Kier molecular flexibility index (Phi) is 8.30. The number of amides is 2. The van der Waals surface area contributed by atoms with Crippen LogP contribution in [0.4, 0.5) is 8.78 Å². The largest absolute Gasteiger partial charge is 0.343 e. The summed E-state index contributed by atoms with van der Waals surface area (Å²) in [6, 6.07) is -1.16. The molecule has 29 heavy (non-hydrogen) atoms. The zero-order valence-electron chi connectivity index (χ0n) is 16.3. The monoisotopic (exact) mass is 430 g/mol. The van der Waals surface area contributed by atoms with E-state index in [0.29, 0.717) is 12.8 Å². The maximum absolute atomic E-state index is 14.3. The van der Waals surface area contributed by atoms with Crippen LogP contribution in [0.25, 0.3) is 0 Å². The number of nitrogens with one attached hydrogen (secondary N) is 3. The minimum atomic E-state index is -1.15. The zero-order chi connectivity index (χ0) is 21.6. The van der Waals surface area contributed by atoms with E-state index >= 15 is 0 Å². The van der Waals surface area contributed by atoms with E-state index in [1.165, 1.54) is 20.0 Å². The predicted octanol–water partition coefficient (Wildman–Crippen LogP) is 1.12. The van der Waals surface area contributed by atoms with Gasteiger partial charge in [0.2, 0.25) is 0 Å². The van der Waals surface area contributed by atoms with Gasteiger partial charge in [-0.25, -0.2) is 14.6 Å². The Morgan fingerprint density at radius 1 is 1.38 bits per heavy atom. The molecule has 1 heterocycles. The number of hydrazone groups is 1. The number of allylic oxidation sites excluding steroid dienone is 4. The molecule has 2 rings (SSSR count). The minimum Gasteiger partial charge on any atom is -0.343 e. The molecule has 160 valence electrons. The van der Waals surface area contributed by atoms with E-state index in [0.717, 1.165) is 24.2 Å². The lowest BCUT2D eigenvalue weighted by Crippen LogP contribution is -2.56. The Morgan fingerprint density at radius 2 is 2.03 bits per heavy atom. The van der Waals surface area contributed by atoms with Crippen LogP contribution in [-0.2, 0) is 9.59 Å². The Morgan fingerprint density at radius 3 is 2.66 bits per heavy atom. The highest BCUT2D eigenvalue weighted by atomic mass is 35.5. The van der Waals surface area contributed by atoms with Crippen molar-refractivity contribution in [2.45, 2.75) is 38.3 Å². The van der Waals surface area contributed by atoms with Gasteiger partial charge in [-0.2, -0.15) is 5.10 Å². The summed E-state index contributed by atoms with van der Waals surface area (Å²) in [5.41, 5.74) is 1.58. The number of carbonyl (C=O) groups excluding carboxylic acids is 2. The number of nitrogens with two attached hydrogens (primary N) is 1. The molecule has 1 aliphatic carbocycles. The third-order valence-electron chi connectivity index (χ3n) is 4.63. The number of hydrogen-bond acceptors (Lipinski definition) is 6. The predicted molar refractivity (Wildman–Crippen MR) is 107 cm³/mol. The molecule has 0 radical (unpaired) electrons. The topological polar surface area (TPSA) is 112 Å². The van der Waals surface area contributed by atoms with Crippen molar-refractivity contribution in [1.29, 1.82) is 0 Å². The van der Waals surface area contributed by atoms with Crippen molar-refractivity contribution in [3.8, 4) is 0 Å². The smallest absolute Gasteiger partial charge is 0.286 e.